The fraction of sp³-hybridized carbons (Fsp3) is 0.727. The third-order valence-corrected chi connectivity index (χ3v) is 2.33. The minimum Gasteiger partial charge on any atom is -0.372 e. The van der Waals surface area contributed by atoms with Crippen molar-refractivity contribution in [1.82, 2.24) is 4.90 Å². The molecule has 0 bridgehead atoms. The smallest absolute Gasteiger partial charge is 0.178 e. The second kappa shape index (κ2) is 4.45. The van der Waals surface area contributed by atoms with Gasteiger partial charge in [-0.15, -0.1) is 0 Å². The van der Waals surface area contributed by atoms with Gasteiger partial charge in [0.05, 0.1) is 5.70 Å². The quantitative estimate of drug-likeness (QED) is 0.665. The molecule has 0 saturated carbocycles. The van der Waals surface area contributed by atoms with Crippen LogP contribution < -0.4 is 0 Å². The van der Waals surface area contributed by atoms with Crippen LogP contribution in [0.4, 0.5) is 0 Å². The second-order valence-electron chi connectivity index (χ2n) is 4.17. The fourth-order valence-corrected chi connectivity index (χ4v) is 1.65. The summed E-state index contributed by atoms with van der Waals surface area (Å²) in [6, 6.07) is 0. The van der Waals surface area contributed by atoms with Gasteiger partial charge in [0.15, 0.2) is 5.78 Å². The molecule has 0 aromatic carbocycles. The molecule has 0 spiro atoms. The summed E-state index contributed by atoms with van der Waals surface area (Å²) >= 11 is 0. The third kappa shape index (κ3) is 2.87. The Morgan fingerprint density at radius 2 is 2.31 bits per heavy atom. The molecule has 0 aliphatic carbocycles. The van der Waals surface area contributed by atoms with Crippen molar-refractivity contribution in [1.29, 1.82) is 0 Å². The van der Waals surface area contributed by atoms with Crippen LogP contribution in [0.1, 0.15) is 33.1 Å². The molecule has 0 radical (unpaired) electrons. The maximum atomic E-state index is 11.7. The molecule has 13 heavy (non-hydrogen) atoms. The van der Waals surface area contributed by atoms with E-state index in [9.17, 15) is 4.79 Å². The van der Waals surface area contributed by atoms with Crippen molar-refractivity contribution in [2.24, 2.45) is 5.92 Å². The number of hydrogen-bond donors (Lipinski definition) is 0. The van der Waals surface area contributed by atoms with Gasteiger partial charge in [0, 0.05) is 20.0 Å². The number of hydrogen-bond acceptors (Lipinski definition) is 2. The molecule has 0 fully saturated rings. The summed E-state index contributed by atoms with van der Waals surface area (Å²) in [5, 5.41) is 0. The molecule has 1 aliphatic heterocycles. The summed E-state index contributed by atoms with van der Waals surface area (Å²) in [5.41, 5.74) is 0.931. The van der Waals surface area contributed by atoms with Crippen molar-refractivity contribution in [2.45, 2.75) is 33.1 Å². The number of likely N-dealkylation sites (N-methyl/N-ethyl adjacent to an activating group) is 1. The van der Waals surface area contributed by atoms with Crippen LogP contribution >= 0.6 is 0 Å². The largest absolute Gasteiger partial charge is 0.372 e. The van der Waals surface area contributed by atoms with Crippen LogP contribution in [0.25, 0.3) is 0 Å². The molecule has 0 N–H and O–H groups in total. The predicted molar refractivity (Wildman–Crippen MR) is 54.4 cm³/mol. The first kappa shape index (κ1) is 10.3. The second-order valence-corrected chi connectivity index (χ2v) is 4.17. The van der Waals surface area contributed by atoms with E-state index in [1.54, 1.807) is 0 Å². The first-order valence-corrected chi connectivity index (χ1v) is 5.05. The summed E-state index contributed by atoms with van der Waals surface area (Å²) in [6.07, 6.45) is 4.99. The summed E-state index contributed by atoms with van der Waals surface area (Å²) in [4.78, 5) is 13.8. The van der Waals surface area contributed by atoms with Crippen LogP contribution in [0.2, 0.25) is 0 Å². The number of allylic oxidation sites excluding steroid dienone is 2. The van der Waals surface area contributed by atoms with Gasteiger partial charge in [-0.1, -0.05) is 19.9 Å². The molecule has 2 nitrogen and oxygen atoms in total. The zero-order valence-electron chi connectivity index (χ0n) is 8.84. The van der Waals surface area contributed by atoms with Gasteiger partial charge in [-0.2, -0.15) is 0 Å². The Morgan fingerprint density at radius 1 is 1.62 bits per heavy atom. The van der Waals surface area contributed by atoms with Gasteiger partial charge < -0.3 is 4.90 Å². The highest BCUT2D eigenvalue weighted by Gasteiger charge is 2.17. The van der Waals surface area contributed by atoms with Gasteiger partial charge in [0.1, 0.15) is 0 Å². The Bertz CT molecular complexity index is 218. The van der Waals surface area contributed by atoms with E-state index in [0.717, 1.165) is 18.7 Å². The molecule has 74 valence electrons. The van der Waals surface area contributed by atoms with E-state index in [1.165, 1.54) is 6.42 Å². The Hall–Kier alpha value is -0.790. The molecule has 0 aromatic rings. The fourth-order valence-electron chi connectivity index (χ4n) is 1.65. The minimum atomic E-state index is 0.303. The van der Waals surface area contributed by atoms with E-state index in [1.807, 2.05) is 7.05 Å². The number of carbonyl (C=O) groups excluding carboxylic acids is 1. The van der Waals surface area contributed by atoms with E-state index in [4.69, 9.17) is 0 Å². The van der Waals surface area contributed by atoms with Crippen LogP contribution in [-0.2, 0) is 4.79 Å². The normalized spacial score (nSPS) is 17.5. The highest BCUT2D eigenvalue weighted by molar-refractivity contribution is 5.94. The lowest BCUT2D eigenvalue weighted by Gasteiger charge is -2.25. The lowest BCUT2D eigenvalue weighted by molar-refractivity contribution is -0.117. The van der Waals surface area contributed by atoms with Crippen molar-refractivity contribution in [3.63, 3.8) is 0 Å². The number of carbonyl (C=O) groups is 1. The third-order valence-electron chi connectivity index (χ3n) is 2.33. The van der Waals surface area contributed by atoms with Crippen LogP contribution in [0.15, 0.2) is 11.8 Å². The molecular formula is C11H19NO. The van der Waals surface area contributed by atoms with Crippen LogP contribution in [-0.4, -0.2) is 24.3 Å². The molecule has 1 rings (SSSR count). The molecule has 0 amide bonds. The Kier molecular flexibility index (Phi) is 3.52. The van der Waals surface area contributed by atoms with E-state index in [-0.39, 0.29) is 0 Å². The molecular weight excluding hydrogens is 162 g/mol. The SMILES string of the molecule is CC(C)CC(=O)C1=CCCCN1C. The number of ketones is 1. The van der Waals surface area contributed by atoms with E-state index < -0.39 is 0 Å². The number of Topliss-reactive ketones (excluding diaryl/α,β-unsaturated/α-hetero) is 1. The Labute approximate surface area is 80.6 Å². The van der Waals surface area contributed by atoms with E-state index >= 15 is 0 Å². The summed E-state index contributed by atoms with van der Waals surface area (Å²) in [5.74, 6) is 0.765. The summed E-state index contributed by atoms with van der Waals surface area (Å²) in [6.45, 7) is 5.19. The predicted octanol–water partition coefficient (Wildman–Crippen LogP) is 2.21. The maximum Gasteiger partial charge on any atom is 0.178 e. The van der Waals surface area contributed by atoms with Gasteiger partial charge in [0.25, 0.3) is 0 Å². The zero-order chi connectivity index (χ0) is 9.84. The monoisotopic (exact) mass is 181 g/mol. The van der Waals surface area contributed by atoms with E-state index in [0.29, 0.717) is 18.1 Å². The molecule has 1 aliphatic rings. The molecule has 1 heterocycles. The topological polar surface area (TPSA) is 20.3 Å². The summed E-state index contributed by atoms with van der Waals surface area (Å²) in [7, 11) is 2.00. The first-order chi connectivity index (χ1) is 6.11. The Balaban J connectivity index is 2.59. The van der Waals surface area contributed by atoms with Gasteiger partial charge >= 0.3 is 0 Å². The van der Waals surface area contributed by atoms with Crippen molar-refractivity contribution >= 4 is 5.78 Å². The number of rotatable bonds is 3. The molecule has 0 saturated heterocycles. The average molecular weight is 181 g/mol. The van der Waals surface area contributed by atoms with Crippen molar-refractivity contribution < 1.29 is 4.79 Å². The van der Waals surface area contributed by atoms with Gasteiger partial charge in [-0.05, 0) is 18.8 Å². The molecule has 0 atom stereocenters. The lowest BCUT2D eigenvalue weighted by Crippen LogP contribution is -2.27. The van der Waals surface area contributed by atoms with Crippen molar-refractivity contribution in [2.75, 3.05) is 13.6 Å². The van der Waals surface area contributed by atoms with Gasteiger partial charge in [-0.3, -0.25) is 4.79 Å². The van der Waals surface area contributed by atoms with Gasteiger partial charge in [-0.25, -0.2) is 0 Å². The molecule has 2 heteroatoms. The molecule has 0 unspecified atom stereocenters. The van der Waals surface area contributed by atoms with Crippen LogP contribution in [0.3, 0.4) is 0 Å². The lowest BCUT2D eigenvalue weighted by atomic mass is 10.0. The standard InChI is InChI=1S/C11H19NO/c1-9(2)8-11(13)10-6-4-5-7-12(10)3/h6,9H,4-5,7-8H2,1-3H3. The highest BCUT2D eigenvalue weighted by Crippen LogP contribution is 2.16. The van der Waals surface area contributed by atoms with Crippen molar-refractivity contribution in [3.05, 3.63) is 11.8 Å². The first-order valence-electron chi connectivity index (χ1n) is 5.05. The zero-order valence-corrected chi connectivity index (χ0v) is 8.84. The maximum absolute atomic E-state index is 11.7. The van der Waals surface area contributed by atoms with Gasteiger partial charge in [0.2, 0.25) is 0 Å². The van der Waals surface area contributed by atoms with Crippen LogP contribution in [0, 0.1) is 5.92 Å². The Morgan fingerprint density at radius 3 is 2.85 bits per heavy atom. The van der Waals surface area contributed by atoms with E-state index in [2.05, 4.69) is 24.8 Å². The number of nitrogens with zero attached hydrogens (tertiary/aromatic N) is 1. The van der Waals surface area contributed by atoms with Crippen molar-refractivity contribution in [3.8, 4) is 0 Å². The summed E-state index contributed by atoms with van der Waals surface area (Å²) < 4.78 is 0. The minimum absolute atomic E-state index is 0.303. The average Bonchev–Trinajstić information content (AvgIpc) is 2.03. The van der Waals surface area contributed by atoms with Crippen LogP contribution in [0.5, 0.6) is 0 Å². The highest BCUT2D eigenvalue weighted by atomic mass is 16.1. The molecule has 0 aromatic heterocycles.